The molecule has 0 N–H and O–H groups in total. The minimum absolute atomic E-state index is 0.190. The third-order valence-corrected chi connectivity index (χ3v) is 13.5. The number of benzene rings is 1. The van der Waals surface area contributed by atoms with Gasteiger partial charge in [-0.05, 0) is 11.1 Å². The Hall–Kier alpha value is -0.771. The average Bonchev–Trinajstić information content (AvgIpc) is 2.60. The first kappa shape index (κ1) is 23.2. The Morgan fingerprint density at radius 3 is 2.00 bits per heavy atom. The molecule has 0 aliphatic heterocycles. The van der Waals surface area contributed by atoms with Crippen molar-refractivity contribution >= 4 is 31.8 Å². The molecule has 1 aromatic carbocycles. The second-order valence-corrected chi connectivity index (χ2v) is 14.7. The zero-order valence-corrected chi connectivity index (χ0v) is 18.6. The van der Waals surface area contributed by atoms with Crippen molar-refractivity contribution in [2.45, 2.75) is 72.6 Å². The van der Waals surface area contributed by atoms with Crippen LogP contribution in [0.5, 0.6) is 0 Å². The summed E-state index contributed by atoms with van der Waals surface area (Å²) >= 11 is -0.833. The molecule has 3 heteroatoms. The van der Waals surface area contributed by atoms with Crippen molar-refractivity contribution in [1.82, 2.24) is 0 Å². The molecular weight excluding hydrogens is 403 g/mol. The van der Waals surface area contributed by atoms with Gasteiger partial charge in [-0.1, -0.05) is 36.9 Å². The molecule has 0 unspecified atom stereocenters. The number of hydrogen-bond acceptors (Lipinski definition) is 2. The van der Waals surface area contributed by atoms with Gasteiger partial charge in [0.05, 0.1) is 5.97 Å². The molecule has 134 valence electrons. The number of carboxylic acid groups (broad SMARTS) is 1. The maximum atomic E-state index is 10.3. The van der Waals surface area contributed by atoms with Gasteiger partial charge in [-0.2, -0.15) is 0 Å². The molecule has 0 spiro atoms. The fourth-order valence-electron chi connectivity index (χ4n) is 2.54. The van der Waals surface area contributed by atoms with E-state index in [4.69, 9.17) is 0 Å². The van der Waals surface area contributed by atoms with Crippen LogP contribution in [0.15, 0.2) is 30.8 Å². The Kier molecular flexibility index (Phi) is 15.2. The molecular formula is C21H34O2Sn. The molecule has 1 aromatic rings. The minimum atomic E-state index is -1.15. The van der Waals surface area contributed by atoms with E-state index in [0.717, 1.165) is 5.56 Å². The van der Waals surface area contributed by atoms with Crippen molar-refractivity contribution in [3.05, 3.63) is 42.0 Å². The summed E-state index contributed by atoms with van der Waals surface area (Å²) in [5.41, 5.74) is 1.09. The van der Waals surface area contributed by atoms with E-state index >= 15 is 0 Å². The van der Waals surface area contributed by atoms with Crippen LogP contribution >= 0.6 is 0 Å². The van der Waals surface area contributed by atoms with E-state index in [1.54, 1.807) is 37.9 Å². The number of carbonyl (C=O) groups is 1. The number of carboxylic acids is 1. The third-order valence-electron chi connectivity index (χ3n) is 4.00. The molecule has 0 bridgehead atoms. The van der Waals surface area contributed by atoms with E-state index in [9.17, 15) is 9.90 Å². The molecule has 0 saturated heterocycles. The van der Waals surface area contributed by atoms with Gasteiger partial charge in [-0.25, -0.2) is 0 Å². The monoisotopic (exact) mass is 438 g/mol. The molecule has 0 fully saturated rings. The first-order chi connectivity index (χ1) is 11.6. The summed E-state index contributed by atoms with van der Waals surface area (Å²) in [6.07, 6.45) is 10.5. The van der Waals surface area contributed by atoms with Crippen molar-refractivity contribution in [1.29, 1.82) is 0 Å². The molecule has 2 nitrogen and oxygen atoms in total. The number of carbonyl (C=O) groups excluding carboxylic acids is 1. The summed E-state index contributed by atoms with van der Waals surface area (Å²) in [7, 11) is 0. The van der Waals surface area contributed by atoms with Crippen LogP contribution in [-0.2, 0) is 0 Å². The van der Waals surface area contributed by atoms with Crippen LogP contribution in [0.3, 0.4) is 0 Å². The zero-order chi connectivity index (χ0) is 18.2. The molecule has 1 rings (SSSR count). The van der Waals surface area contributed by atoms with E-state index < -0.39 is 25.7 Å². The quantitative estimate of drug-likeness (QED) is 0.335. The standard InChI is InChI=1S/C9H8O2.C5H11.C4H9.C3H7.Sn/c1-2-7-3-5-8(6-4-7)9(10)11;1-3-5-4-2;1-3-4-2;1-3-2;/h2-6H,1H2,(H,10,11);1,3-5H2,2H3;1,3-4H2,2H3;1,3H2,2H3;/q;;;;+1/p-1. The summed E-state index contributed by atoms with van der Waals surface area (Å²) in [6, 6.07) is 6.34. The molecule has 0 radical (unpaired) electrons. The van der Waals surface area contributed by atoms with E-state index in [-0.39, 0.29) is 5.56 Å². The van der Waals surface area contributed by atoms with E-state index in [1.165, 1.54) is 44.2 Å². The second kappa shape index (κ2) is 15.7. The Labute approximate surface area is 156 Å². The van der Waals surface area contributed by atoms with Crippen LogP contribution in [0.25, 0.3) is 6.08 Å². The van der Waals surface area contributed by atoms with E-state index in [1.807, 2.05) is 0 Å². The summed E-state index contributed by atoms with van der Waals surface area (Å²) in [5.74, 6) is -1.15. The van der Waals surface area contributed by atoms with E-state index in [0.29, 0.717) is 0 Å². The number of aromatic carboxylic acids is 1. The van der Waals surface area contributed by atoms with Gasteiger partial charge in [-0.15, -0.1) is 0 Å². The van der Waals surface area contributed by atoms with Gasteiger partial charge in [0.15, 0.2) is 0 Å². The summed E-state index contributed by atoms with van der Waals surface area (Å²) in [5, 5.41) is 10.3. The number of rotatable bonds is 11. The van der Waals surface area contributed by atoms with Crippen LogP contribution in [-0.4, -0.2) is 25.7 Å². The van der Waals surface area contributed by atoms with Crippen LogP contribution in [0.4, 0.5) is 0 Å². The molecule has 0 aliphatic carbocycles. The van der Waals surface area contributed by atoms with Gasteiger partial charge in [0.25, 0.3) is 0 Å². The van der Waals surface area contributed by atoms with E-state index in [2.05, 4.69) is 27.4 Å². The summed E-state index contributed by atoms with van der Waals surface area (Å²) < 4.78 is 5.02. The average molecular weight is 437 g/mol. The number of hydrogen-bond donors (Lipinski definition) is 0. The van der Waals surface area contributed by atoms with Crippen molar-refractivity contribution < 1.29 is 9.90 Å². The van der Waals surface area contributed by atoms with Gasteiger partial charge < -0.3 is 9.90 Å². The van der Waals surface area contributed by atoms with Crippen LogP contribution in [0, 0.1) is 0 Å². The third kappa shape index (κ3) is 11.7. The molecule has 0 heterocycles. The van der Waals surface area contributed by atoms with Crippen LogP contribution in [0.1, 0.15) is 75.2 Å². The number of unbranched alkanes of at least 4 members (excludes halogenated alkanes) is 3. The first-order valence-electron chi connectivity index (χ1n) is 9.36. The second-order valence-electron chi connectivity index (χ2n) is 6.17. The summed E-state index contributed by atoms with van der Waals surface area (Å²) in [6.45, 7) is 10.6. The van der Waals surface area contributed by atoms with Gasteiger partial charge in [0.1, 0.15) is 0 Å². The molecule has 0 aromatic heterocycles. The first-order valence-corrected chi connectivity index (χ1v) is 15.4. The fourth-order valence-corrected chi connectivity index (χ4v) is 11.3. The normalized spacial score (nSPS) is 9.79. The van der Waals surface area contributed by atoms with Crippen molar-refractivity contribution in [2.75, 3.05) is 0 Å². The van der Waals surface area contributed by atoms with Crippen molar-refractivity contribution in [3.8, 4) is 0 Å². The summed E-state index contributed by atoms with van der Waals surface area (Å²) in [4.78, 5) is 10.3. The van der Waals surface area contributed by atoms with Gasteiger partial charge in [-0.3, -0.25) is 0 Å². The maximum absolute atomic E-state index is 10.3. The Morgan fingerprint density at radius 2 is 1.54 bits per heavy atom. The Balaban J connectivity index is 0.000000446. The Morgan fingerprint density at radius 1 is 0.958 bits per heavy atom. The molecule has 24 heavy (non-hydrogen) atoms. The fraction of sp³-hybridized carbons (Fsp3) is 0.571. The van der Waals surface area contributed by atoms with Gasteiger partial charge >= 0.3 is 92.4 Å². The van der Waals surface area contributed by atoms with Crippen LogP contribution < -0.4 is 5.11 Å². The molecule has 0 saturated carbocycles. The van der Waals surface area contributed by atoms with Crippen molar-refractivity contribution in [2.24, 2.45) is 0 Å². The predicted octanol–water partition coefficient (Wildman–Crippen LogP) is 5.57. The van der Waals surface area contributed by atoms with Crippen LogP contribution in [0.2, 0.25) is 13.3 Å². The molecule has 0 atom stereocenters. The Bertz CT molecular complexity index is 440. The molecule has 0 amide bonds. The van der Waals surface area contributed by atoms with Gasteiger partial charge in [0.2, 0.25) is 0 Å². The van der Waals surface area contributed by atoms with Crippen molar-refractivity contribution in [3.63, 3.8) is 0 Å². The predicted molar refractivity (Wildman–Crippen MR) is 106 cm³/mol. The topological polar surface area (TPSA) is 40.1 Å². The molecule has 0 aliphatic rings. The SMILES string of the molecule is C=Cc1ccc(C(=O)[O-])cc1.CCCC[CH2][Sn+]([CH2]CC)[CH2]CCC. The van der Waals surface area contributed by atoms with Gasteiger partial charge in [0, 0.05) is 0 Å². The zero-order valence-electron chi connectivity index (χ0n) is 15.8.